The van der Waals surface area contributed by atoms with E-state index in [0.717, 1.165) is 32.5 Å². The lowest BCUT2D eigenvalue weighted by Gasteiger charge is -2.41. The normalized spacial score (nSPS) is 25.2. The molecule has 0 aromatic carbocycles. The Morgan fingerprint density at radius 3 is 2.55 bits per heavy atom. The summed E-state index contributed by atoms with van der Waals surface area (Å²) >= 11 is 0. The number of hydrogen-bond acceptors (Lipinski definition) is 4. The van der Waals surface area contributed by atoms with Gasteiger partial charge in [0, 0.05) is 30.9 Å². The molecule has 1 fully saturated rings. The maximum Gasteiger partial charge on any atom is 0.150 e. The van der Waals surface area contributed by atoms with Gasteiger partial charge in [-0.05, 0) is 31.7 Å². The van der Waals surface area contributed by atoms with Crippen LogP contribution in [-0.4, -0.2) is 56.5 Å². The summed E-state index contributed by atoms with van der Waals surface area (Å²) < 4.78 is 23.2. The average molecular weight is 305 g/mol. The van der Waals surface area contributed by atoms with Gasteiger partial charge in [0.1, 0.15) is 9.84 Å². The Morgan fingerprint density at radius 1 is 1.30 bits per heavy atom. The Bertz CT molecular complexity index is 368. The van der Waals surface area contributed by atoms with Gasteiger partial charge in [-0.15, -0.1) is 0 Å². The van der Waals surface area contributed by atoms with E-state index in [4.69, 9.17) is 0 Å². The molecule has 1 rings (SSSR count). The van der Waals surface area contributed by atoms with Crippen LogP contribution in [0.15, 0.2) is 0 Å². The van der Waals surface area contributed by atoms with E-state index in [-0.39, 0.29) is 5.75 Å². The summed E-state index contributed by atoms with van der Waals surface area (Å²) in [5, 5.41) is 3.61. The van der Waals surface area contributed by atoms with Crippen LogP contribution < -0.4 is 5.32 Å². The van der Waals surface area contributed by atoms with Crippen LogP contribution in [-0.2, 0) is 9.84 Å². The lowest BCUT2D eigenvalue weighted by molar-refractivity contribution is 0.113. The minimum Gasteiger partial charge on any atom is -0.311 e. The lowest BCUT2D eigenvalue weighted by atomic mass is 9.98. The van der Waals surface area contributed by atoms with Gasteiger partial charge >= 0.3 is 0 Å². The van der Waals surface area contributed by atoms with Gasteiger partial charge in [0.2, 0.25) is 0 Å². The highest BCUT2D eigenvalue weighted by molar-refractivity contribution is 7.91. The molecule has 0 bridgehead atoms. The second-order valence-corrected chi connectivity index (χ2v) is 8.85. The van der Waals surface area contributed by atoms with Gasteiger partial charge < -0.3 is 5.32 Å². The minimum atomic E-state index is -2.82. The predicted molar refractivity (Wildman–Crippen MR) is 85.8 cm³/mol. The fraction of sp³-hybridized carbons (Fsp3) is 1.00. The van der Waals surface area contributed by atoms with Crippen LogP contribution in [0.1, 0.15) is 47.0 Å². The molecule has 0 aromatic heterocycles. The van der Waals surface area contributed by atoms with Gasteiger partial charge in [0.05, 0.1) is 5.75 Å². The standard InChI is InChI=1S/C15H32N2O2S/c1-5-14-12-17(8-7-9-20(18,19)6-2)15(11-16-14)10-13(3)4/h13-16H,5-12H2,1-4H3. The van der Waals surface area contributed by atoms with E-state index >= 15 is 0 Å². The van der Waals surface area contributed by atoms with Crippen molar-refractivity contribution in [3.8, 4) is 0 Å². The summed E-state index contributed by atoms with van der Waals surface area (Å²) in [5.74, 6) is 1.28. The molecular formula is C15H32N2O2S. The van der Waals surface area contributed by atoms with Crippen molar-refractivity contribution in [3.63, 3.8) is 0 Å². The third kappa shape index (κ3) is 6.10. The molecule has 120 valence electrons. The monoisotopic (exact) mass is 304 g/mol. The molecular weight excluding hydrogens is 272 g/mol. The van der Waals surface area contributed by atoms with Crippen LogP contribution >= 0.6 is 0 Å². The van der Waals surface area contributed by atoms with E-state index in [9.17, 15) is 8.42 Å². The van der Waals surface area contributed by atoms with Crippen LogP contribution in [0.3, 0.4) is 0 Å². The van der Waals surface area contributed by atoms with Crippen molar-refractivity contribution in [3.05, 3.63) is 0 Å². The number of nitrogens with zero attached hydrogens (tertiary/aromatic N) is 1. The molecule has 5 heteroatoms. The fourth-order valence-electron chi connectivity index (χ4n) is 2.88. The van der Waals surface area contributed by atoms with E-state index < -0.39 is 9.84 Å². The maximum absolute atomic E-state index is 11.6. The zero-order valence-electron chi connectivity index (χ0n) is 13.6. The molecule has 1 aliphatic heterocycles. The van der Waals surface area contributed by atoms with Crippen molar-refractivity contribution in [2.24, 2.45) is 5.92 Å². The number of hydrogen-bond donors (Lipinski definition) is 1. The lowest BCUT2D eigenvalue weighted by Crippen LogP contribution is -2.56. The SMILES string of the molecule is CCC1CN(CCCS(=O)(=O)CC)C(CC(C)C)CN1. The second-order valence-electron chi connectivity index (χ2n) is 6.38. The minimum absolute atomic E-state index is 0.265. The first kappa shape index (κ1) is 17.9. The molecule has 0 saturated carbocycles. The number of sulfone groups is 1. The zero-order valence-corrected chi connectivity index (χ0v) is 14.4. The molecule has 1 saturated heterocycles. The van der Waals surface area contributed by atoms with Crippen molar-refractivity contribution in [2.75, 3.05) is 31.1 Å². The topological polar surface area (TPSA) is 49.4 Å². The van der Waals surface area contributed by atoms with Gasteiger partial charge in [0.15, 0.2) is 0 Å². The number of piperazine rings is 1. The molecule has 2 unspecified atom stereocenters. The van der Waals surface area contributed by atoms with Crippen molar-refractivity contribution in [1.29, 1.82) is 0 Å². The molecule has 1 N–H and O–H groups in total. The molecule has 0 aromatic rings. The summed E-state index contributed by atoms with van der Waals surface area (Å²) in [6.07, 6.45) is 3.09. The number of rotatable bonds is 8. The fourth-order valence-corrected chi connectivity index (χ4v) is 3.74. The molecule has 1 heterocycles. The molecule has 0 aliphatic carbocycles. The van der Waals surface area contributed by atoms with Crippen molar-refractivity contribution < 1.29 is 8.42 Å². The van der Waals surface area contributed by atoms with Crippen molar-refractivity contribution in [1.82, 2.24) is 10.2 Å². The second kappa shape index (κ2) is 8.35. The van der Waals surface area contributed by atoms with E-state index in [0.29, 0.717) is 23.8 Å². The van der Waals surface area contributed by atoms with Gasteiger partial charge in [-0.3, -0.25) is 4.90 Å². The van der Waals surface area contributed by atoms with Crippen molar-refractivity contribution in [2.45, 2.75) is 59.0 Å². The van der Waals surface area contributed by atoms with E-state index in [1.165, 1.54) is 6.42 Å². The van der Waals surface area contributed by atoms with Crippen molar-refractivity contribution >= 4 is 9.84 Å². The highest BCUT2D eigenvalue weighted by Crippen LogP contribution is 2.17. The smallest absolute Gasteiger partial charge is 0.150 e. The summed E-state index contributed by atoms with van der Waals surface area (Å²) in [6.45, 7) is 11.5. The van der Waals surface area contributed by atoms with E-state index in [1.54, 1.807) is 6.92 Å². The Labute approximate surface area is 125 Å². The molecule has 0 amide bonds. The third-order valence-corrected chi connectivity index (χ3v) is 5.98. The van der Waals surface area contributed by atoms with Crippen LogP contribution in [0.2, 0.25) is 0 Å². The molecule has 0 spiro atoms. The Hall–Kier alpha value is -0.130. The first-order chi connectivity index (χ1) is 9.38. The summed E-state index contributed by atoms with van der Waals surface area (Å²) in [4.78, 5) is 2.51. The van der Waals surface area contributed by atoms with Crippen LogP contribution in [0, 0.1) is 5.92 Å². The first-order valence-electron chi connectivity index (χ1n) is 8.05. The largest absolute Gasteiger partial charge is 0.311 e. The summed E-state index contributed by atoms with van der Waals surface area (Å²) in [5.41, 5.74) is 0. The zero-order chi connectivity index (χ0) is 15.2. The third-order valence-electron chi connectivity index (χ3n) is 4.19. The summed E-state index contributed by atoms with van der Waals surface area (Å²) in [6, 6.07) is 1.11. The molecule has 20 heavy (non-hydrogen) atoms. The highest BCUT2D eigenvalue weighted by Gasteiger charge is 2.27. The Balaban J connectivity index is 2.51. The Morgan fingerprint density at radius 2 is 2.00 bits per heavy atom. The van der Waals surface area contributed by atoms with Gasteiger partial charge in [-0.2, -0.15) is 0 Å². The molecule has 0 radical (unpaired) electrons. The molecule has 1 aliphatic rings. The van der Waals surface area contributed by atoms with Crippen LogP contribution in [0.4, 0.5) is 0 Å². The first-order valence-corrected chi connectivity index (χ1v) is 9.88. The van der Waals surface area contributed by atoms with Crippen LogP contribution in [0.5, 0.6) is 0 Å². The van der Waals surface area contributed by atoms with Gasteiger partial charge in [-0.1, -0.05) is 27.7 Å². The van der Waals surface area contributed by atoms with Gasteiger partial charge in [0.25, 0.3) is 0 Å². The average Bonchev–Trinajstić information content (AvgIpc) is 2.39. The number of nitrogens with one attached hydrogen (secondary N) is 1. The predicted octanol–water partition coefficient (Wildman–Crippen LogP) is 1.91. The highest BCUT2D eigenvalue weighted by atomic mass is 32.2. The Kier molecular flexibility index (Phi) is 7.48. The van der Waals surface area contributed by atoms with E-state index in [2.05, 4.69) is 31.0 Å². The van der Waals surface area contributed by atoms with Crippen LogP contribution in [0.25, 0.3) is 0 Å². The molecule has 4 nitrogen and oxygen atoms in total. The van der Waals surface area contributed by atoms with Gasteiger partial charge in [-0.25, -0.2) is 8.42 Å². The maximum atomic E-state index is 11.6. The molecule has 2 atom stereocenters. The van der Waals surface area contributed by atoms with E-state index in [1.807, 2.05) is 0 Å². The quantitative estimate of drug-likeness (QED) is 0.744. The summed E-state index contributed by atoms with van der Waals surface area (Å²) in [7, 11) is -2.82.